The molecule has 1 saturated heterocycles. The second kappa shape index (κ2) is 7.11. The molecule has 2 N–H and O–H groups in total. The van der Waals surface area contributed by atoms with Crippen molar-refractivity contribution in [3.05, 3.63) is 0 Å². The molecule has 4 atom stereocenters. The summed E-state index contributed by atoms with van der Waals surface area (Å²) in [6.45, 7) is 4.32. The largest absolute Gasteiger partial charge is 0.479 e. The van der Waals surface area contributed by atoms with Gasteiger partial charge in [0.1, 0.15) is 0 Å². The highest BCUT2D eigenvalue weighted by molar-refractivity contribution is 7.91. The van der Waals surface area contributed by atoms with Crippen LogP contribution in [-0.4, -0.2) is 55.1 Å². The van der Waals surface area contributed by atoms with Crippen LogP contribution in [0.2, 0.25) is 0 Å². The van der Waals surface area contributed by atoms with E-state index in [4.69, 9.17) is 4.74 Å². The maximum atomic E-state index is 11.9. The smallest absolute Gasteiger partial charge is 0.332 e. The third-order valence-corrected chi connectivity index (χ3v) is 4.83. The van der Waals surface area contributed by atoms with Crippen LogP contribution in [0.1, 0.15) is 26.7 Å². The van der Waals surface area contributed by atoms with Crippen molar-refractivity contribution in [1.82, 2.24) is 5.32 Å². The van der Waals surface area contributed by atoms with E-state index in [1.807, 2.05) is 13.8 Å². The van der Waals surface area contributed by atoms with Crippen molar-refractivity contribution >= 4 is 28.4 Å². The first-order valence-corrected chi connectivity index (χ1v) is 9.07. The highest BCUT2D eigenvalue weighted by Crippen LogP contribution is 2.23. The van der Waals surface area contributed by atoms with Gasteiger partial charge in [-0.15, -0.1) is 0 Å². The fraction of sp³-hybridized carbons (Fsp3) is 0.917. The van der Waals surface area contributed by atoms with Crippen LogP contribution in [0.4, 0.5) is 0 Å². The van der Waals surface area contributed by atoms with Crippen molar-refractivity contribution < 1.29 is 23.1 Å². The lowest BCUT2D eigenvalue weighted by Gasteiger charge is -2.26. The molecular weight excluding hydrogens is 302 g/mol. The average molecular weight is 325 g/mol. The van der Waals surface area contributed by atoms with Gasteiger partial charge in [0.05, 0.1) is 0 Å². The summed E-state index contributed by atoms with van der Waals surface area (Å²) in [6, 6.07) is -0.415. The van der Waals surface area contributed by atoms with E-state index in [9.17, 15) is 18.3 Å². The zero-order chi connectivity index (χ0) is 15.5. The van der Waals surface area contributed by atoms with Crippen LogP contribution < -0.4 is 5.32 Å². The number of ether oxygens (including phenoxy) is 1. The summed E-state index contributed by atoms with van der Waals surface area (Å²) in [4.78, 5) is 11.2. The zero-order valence-corrected chi connectivity index (χ0v) is 13.7. The Kier molecular flexibility index (Phi) is 6.30. The van der Waals surface area contributed by atoms with E-state index in [-0.39, 0.29) is 17.6 Å². The van der Waals surface area contributed by atoms with Crippen LogP contribution in [0.15, 0.2) is 0 Å². The minimum absolute atomic E-state index is 0.0567. The van der Waals surface area contributed by atoms with E-state index in [1.54, 1.807) is 0 Å². The predicted molar refractivity (Wildman–Crippen MR) is 79.8 cm³/mol. The quantitative estimate of drug-likeness (QED) is 0.592. The number of carboxylic acid groups (broad SMARTS) is 1. The van der Waals surface area contributed by atoms with Gasteiger partial charge in [-0.1, -0.05) is 13.8 Å². The summed E-state index contributed by atoms with van der Waals surface area (Å²) in [5, 5.41) is 12.3. The van der Waals surface area contributed by atoms with E-state index in [0.717, 1.165) is 6.26 Å². The fourth-order valence-electron chi connectivity index (χ4n) is 2.25. The first-order valence-electron chi connectivity index (χ1n) is 6.59. The van der Waals surface area contributed by atoms with Crippen molar-refractivity contribution in [2.24, 2.45) is 5.92 Å². The summed E-state index contributed by atoms with van der Waals surface area (Å²) in [7, 11) is -3.52. The Hall–Kier alpha value is -0.310. The molecule has 0 aliphatic carbocycles. The second-order valence-electron chi connectivity index (χ2n) is 5.69. The summed E-state index contributed by atoms with van der Waals surface area (Å²) in [5.41, 5.74) is -1.15. The highest BCUT2D eigenvalue weighted by atomic mass is 32.2. The van der Waals surface area contributed by atoms with Gasteiger partial charge in [-0.2, -0.15) is 12.6 Å². The van der Waals surface area contributed by atoms with Crippen LogP contribution in [0.3, 0.4) is 0 Å². The molecule has 0 spiro atoms. The predicted octanol–water partition coefficient (Wildman–Crippen LogP) is 0.533. The lowest BCUT2D eigenvalue weighted by atomic mass is 10.1. The Labute approximate surface area is 125 Å². The van der Waals surface area contributed by atoms with Gasteiger partial charge < -0.3 is 15.2 Å². The highest BCUT2D eigenvalue weighted by Gasteiger charge is 2.39. The van der Waals surface area contributed by atoms with Crippen molar-refractivity contribution in [2.75, 3.05) is 12.8 Å². The Morgan fingerprint density at radius 1 is 1.50 bits per heavy atom. The fourth-order valence-corrected chi connectivity index (χ4v) is 3.73. The topological polar surface area (TPSA) is 92.7 Å². The molecular formula is C12H23NO5S2. The molecule has 8 heteroatoms. The summed E-state index contributed by atoms with van der Waals surface area (Å²) >= 11 is 4.30. The third kappa shape index (κ3) is 5.23. The number of carbonyl (C=O) groups is 1. The SMILES string of the molecule is CC(C)CC(O[C@H]([C@@H]1C[C@@H](S)CN1)S(C)(=O)=O)C(=O)O. The third-order valence-electron chi connectivity index (χ3n) is 3.15. The number of aliphatic carboxylic acids is 1. The number of hydrogen-bond donors (Lipinski definition) is 3. The summed E-state index contributed by atoms with van der Waals surface area (Å²) in [5.74, 6) is -1.03. The van der Waals surface area contributed by atoms with Gasteiger partial charge in [0.15, 0.2) is 21.4 Å². The average Bonchev–Trinajstić information content (AvgIpc) is 2.67. The number of sulfone groups is 1. The molecule has 0 bridgehead atoms. The molecule has 0 radical (unpaired) electrons. The maximum absolute atomic E-state index is 11.9. The van der Waals surface area contributed by atoms with Crippen LogP contribution in [-0.2, 0) is 19.4 Å². The molecule has 1 rings (SSSR count). The lowest BCUT2D eigenvalue weighted by Crippen LogP contribution is -2.45. The molecule has 1 aliphatic rings. The molecule has 1 aliphatic heterocycles. The Morgan fingerprint density at radius 2 is 2.10 bits per heavy atom. The van der Waals surface area contributed by atoms with Crippen molar-refractivity contribution in [3.63, 3.8) is 0 Å². The Bertz CT molecular complexity index is 437. The van der Waals surface area contributed by atoms with Crippen LogP contribution in [0, 0.1) is 5.92 Å². The van der Waals surface area contributed by atoms with Crippen molar-refractivity contribution in [1.29, 1.82) is 0 Å². The molecule has 0 aromatic rings. The van der Waals surface area contributed by atoms with Gasteiger partial charge in [0.2, 0.25) is 0 Å². The van der Waals surface area contributed by atoms with Crippen LogP contribution in [0.5, 0.6) is 0 Å². The molecule has 0 amide bonds. The summed E-state index contributed by atoms with van der Waals surface area (Å²) in [6.07, 6.45) is 0.766. The van der Waals surface area contributed by atoms with E-state index in [0.29, 0.717) is 13.0 Å². The lowest BCUT2D eigenvalue weighted by molar-refractivity contribution is -0.153. The minimum atomic E-state index is -3.52. The minimum Gasteiger partial charge on any atom is -0.479 e. The Morgan fingerprint density at radius 3 is 2.45 bits per heavy atom. The first-order chi connectivity index (χ1) is 9.11. The molecule has 1 heterocycles. The van der Waals surface area contributed by atoms with E-state index >= 15 is 0 Å². The van der Waals surface area contributed by atoms with Gasteiger partial charge in [-0.25, -0.2) is 13.2 Å². The second-order valence-corrected chi connectivity index (χ2v) is 8.55. The monoisotopic (exact) mass is 325 g/mol. The van der Waals surface area contributed by atoms with Gasteiger partial charge in [-0.05, 0) is 18.8 Å². The molecule has 20 heavy (non-hydrogen) atoms. The number of carboxylic acids is 1. The number of rotatable bonds is 7. The molecule has 0 aromatic carbocycles. The number of hydrogen-bond acceptors (Lipinski definition) is 6. The van der Waals surface area contributed by atoms with Crippen LogP contribution >= 0.6 is 12.6 Å². The van der Waals surface area contributed by atoms with E-state index in [1.165, 1.54) is 0 Å². The molecule has 118 valence electrons. The van der Waals surface area contributed by atoms with E-state index in [2.05, 4.69) is 17.9 Å². The zero-order valence-electron chi connectivity index (χ0n) is 11.9. The normalized spacial score (nSPS) is 26.6. The molecule has 0 saturated carbocycles. The van der Waals surface area contributed by atoms with Gasteiger partial charge in [0, 0.05) is 24.1 Å². The van der Waals surface area contributed by atoms with Crippen molar-refractivity contribution in [3.8, 4) is 0 Å². The standard InChI is InChI=1S/C12H23NO5S2/c1-7(2)4-10(11(14)15)18-12(20(3,16)17)9-5-8(19)6-13-9/h7-10,12-13,19H,4-6H2,1-3H3,(H,14,15)/t8-,9+,10?,12+/m1/s1. The van der Waals surface area contributed by atoms with E-state index < -0.39 is 33.4 Å². The maximum Gasteiger partial charge on any atom is 0.332 e. The van der Waals surface area contributed by atoms with Gasteiger partial charge in [0.25, 0.3) is 0 Å². The number of thiol groups is 1. The van der Waals surface area contributed by atoms with Crippen LogP contribution in [0.25, 0.3) is 0 Å². The molecule has 0 aromatic heterocycles. The number of nitrogens with one attached hydrogen (secondary N) is 1. The van der Waals surface area contributed by atoms with Gasteiger partial charge in [-0.3, -0.25) is 0 Å². The molecule has 1 fully saturated rings. The molecule has 6 nitrogen and oxygen atoms in total. The Balaban J connectivity index is 2.86. The van der Waals surface area contributed by atoms with Gasteiger partial charge >= 0.3 is 5.97 Å². The summed E-state index contributed by atoms with van der Waals surface area (Å²) < 4.78 is 29.2. The first kappa shape index (κ1) is 17.7. The molecule has 1 unspecified atom stereocenters. The van der Waals surface area contributed by atoms with Crippen molar-refractivity contribution in [2.45, 2.75) is 49.5 Å².